The lowest BCUT2D eigenvalue weighted by Crippen LogP contribution is -2.31. The average molecular weight is 237 g/mol. The summed E-state index contributed by atoms with van der Waals surface area (Å²) in [6.45, 7) is 1.29. The van der Waals surface area contributed by atoms with Crippen LogP contribution in [0.15, 0.2) is 0 Å². The van der Waals surface area contributed by atoms with Crippen LogP contribution in [0.25, 0.3) is 0 Å². The van der Waals surface area contributed by atoms with E-state index in [1.54, 1.807) is 0 Å². The smallest absolute Gasteiger partial charge is 0.00670 e. The van der Waals surface area contributed by atoms with Crippen LogP contribution in [0.2, 0.25) is 0 Å². The predicted molar refractivity (Wildman–Crippen MR) is 75.3 cm³/mol. The van der Waals surface area contributed by atoms with Crippen molar-refractivity contribution in [3.05, 3.63) is 0 Å². The van der Waals surface area contributed by atoms with Gasteiger partial charge >= 0.3 is 0 Å². The van der Waals surface area contributed by atoms with Crippen LogP contribution in [-0.2, 0) is 0 Å². The van der Waals surface area contributed by atoms with Crippen LogP contribution in [0, 0.1) is 5.92 Å². The van der Waals surface area contributed by atoms with Gasteiger partial charge in [0.15, 0.2) is 0 Å². The van der Waals surface area contributed by atoms with Gasteiger partial charge in [0.25, 0.3) is 0 Å². The molecule has 2 fully saturated rings. The zero-order chi connectivity index (χ0) is 11.8. The molecule has 0 radical (unpaired) electrons. The van der Waals surface area contributed by atoms with Gasteiger partial charge in [-0.05, 0) is 31.7 Å². The van der Waals surface area contributed by atoms with Crippen molar-refractivity contribution < 1.29 is 0 Å². The van der Waals surface area contributed by atoms with E-state index >= 15 is 0 Å². The Kier molecular flexibility index (Phi) is 6.41. The van der Waals surface area contributed by atoms with Crippen molar-refractivity contribution in [1.29, 1.82) is 0 Å². The van der Waals surface area contributed by atoms with Crippen molar-refractivity contribution in [2.45, 2.75) is 89.5 Å². The van der Waals surface area contributed by atoms with E-state index in [2.05, 4.69) is 5.32 Å². The highest BCUT2D eigenvalue weighted by Crippen LogP contribution is 2.26. The first kappa shape index (κ1) is 13.4. The standard InChI is InChI=1S/C16H31N/c1-2-7-11-16(12-8-3-1)17-14-13-15-9-5-4-6-10-15/h15-17H,1-14H2. The summed E-state index contributed by atoms with van der Waals surface area (Å²) in [6.07, 6.45) is 19.2. The van der Waals surface area contributed by atoms with Gasteiger partial charge in [-0.2, -0.15) is 0 Å². The van der Waals surface area contributed by atoms with Crippen LogP contribution in [-0.4, -0.2) is 12.6 Å². The van der Waals surface area contributed by atoms with E-state index < -0.39 is 0 Å². The molecule has 0 heterocycles. The third kappa shape index (κ3) is 5.42. The summed E-state index contributed by atoms with van der Waals surface area (Å²) < 4.78 is 0. The fourth-order valence-corrected chi connectivity index (χ4v) is 3.63. The first-order valence-corrected chi connectivity index (χ1v) is 8.18. The SMILES string of the molecule is C1CCCC(NCCC2CCCCC2)CCC1. The maximum Gasteiger partial charge on any atom is 0.00670 e. The van der Waals surface area contributed by atoms with E-state index in [9.17, 15) is 0 Å². The Morgan fingerprint density at radius 1 is 0.647 bits per heavy atom. The number of rotatable bonds is 4. The van der Waals surface area contributed by atoms with E-state index in [4.69, 9.17) is 0 Å². The van der Waals surface area contributed by atoms with Crippen LogP contribution in [0.1, 0.15) is 83.5 Å². The van der Waals surface area contributed by atoms with Crippen molar-refractivity contribution in [1.82, 2.24) is 5.32 Å². The number of hydrogen-bond donors (Lipinski definition) is 1. The predicted octanol–water partition coefficient (Wildman–Crippen LogP) is 4.66. The van der Waals surface area contributed by atoms with Crippen LogP contribution < -0.4 is 5.32 Å². The summed E-state index contributed by atoms with van der Waals surface area (Å²) >= 11 is 0. The second kappa shape index (κ2) is 8.13. The molecule has 0 bridgehead atoms. The molecule has 1 N–H and O–H groups in total. The monoisotopic (exact) mass is 237 g/mol. The largest absolute Gasteiger partial charge is 0.314 e. The van der Waals surface area contributed by atoms with Gasteiger partial charge in [0.2, 0.25) is 0 Å². The topological polar surface area (TPSA) is 12.0 Å². The van der Waals surface area contributed by atoms with Gasteiger partial charge in [-0.3, -0.25) is 0 Å². The summed E-state index contributed by atoms with van der Waals surface area (Å²) in [7, 11) is 0. The van der Waals surface area contributed by atoms with Gasteiger partial charge in [0.05, 0.1) is 0 Å². The Balaban J connectivity index is 1.56. The van der Waals surface area contributed by atoms with Crippen molar-refractivity contribution in [3.8, 4) is 0 Å². The lowest BCUT2D eigenvalue weighted by atomic mass is 9.87. The molecule has 2 saturated carbocycles. The Labute approximate surface area is 108 Å². The highest BCUT2D eigenvalue weighted by Gasteiger charge is 2.14. The van der Waals surface area contributed by atoms with Crippen LogP contribution >= 0.6 is 0 Å². The zero-order valence-electron chi connectivity index (χ0n) is 11.6. The van der Waals surface area contributed by atoms with Crippen molar-refractivity contribution in [3.63, 3.8) is 0 Å². The van der Waals surface area contributed by atoms with Gasteiger partial charge in [-0.15, -0.1) is 0 Å². The first-order chi connectivity index (χ1) is 8.45. The number of nitrogens with one attached hydrogen (secondary N) is 1. The van der Waals surface area contributed by atoms with E-state index in [0.717, 1.165) is 12.0 Å². The fraction of sp³-hybridized carbons (Fsp3) is 1.00. The third-order valence-corrected chi connectivity index (χ3v) is 4.82. The lowest BCUT2D eigenvalue weighted by Gasteiger charge is -2.24. The van der Waals surface area contributed by atoms with E-state index in [1.807, 2.05) is 0 Å². The lowest BCUT2D eigenvalue weighted by molar-refractivity contribution is 0.316. The van der Waals surface area contributed by atoms with Gasteiger partial charge in [0.1, 0.15) is 0 Å². The van der Waals surface area contributed by atoms with Crippen LogP contribution in [0.5, 0.6) is 0 Å². The van der Waals surface area contributed by atoms with Gasteiger partial charge < -0.3 is 5.32 Å². The van der Waals surface area contributed by atoms with E-state index in [0.29, 0.717) is 0 Å². The summed E-state index contributed by atoms with van der Waals surface area (Å²) in [6, 6.07) is 0.846. The average Bonchev–Trinajstić information content (AvgIpc) is 2.33. The minimum atomic E-state index is 0.846. The molecule has 0 atom stereocenters. The van der Waals surface area contributed by atoms with Crippen LogP contribution in [0.4, 0.5) is 0 Å². The maximum absolute atomic E-state index is 3.84. The highest BCUT2D eigenvalue weighted by molar-refractivity contribution is 4.72. The molecule has 0 saturated heterocycles. The molecule has 2 aliphatic rings. The van der Waals surface area contributed by atoms with Crippen molar-refractivity contribution in [2.24, 2.45) is 5.92 Å². The van der Waals surface area contributed by atoms with E-state index in [1.165, 1.54) is 90.0 Å². The fourth-order valence-electron chi connectivity index (χ4n) is 3.63. The molecule has 100 valence electrons. The second-order valence-electron chi connectivity index (χ2n) is 6.29. The van der Waals surface area contributed by atoms with Gasteiger partial charge in [-0.1, -0.05) is 64.2 Å². The molecule has 2 rings (SSSR count). The highest BCUT2D eigenvalue weighted by atomic mass is 14.9. The molecule has 1 heteroatoms. The summed E-state index contributed by atoms with van der Waals surface area (Å²) in [5.41, 5.74) is 0. The minimum Gasteiger partial charge on any atom is -0.314 e. The van der Waals surface area contributed by atoms with Gasteiger partial charge in [0, 0.05) is 6.04 Å². The molecule has 17 heavy (non-hydrogen) atoms. The summed E-state index contributed by atoms with van der Waals surface area (Å²) in [5.74, 6) is 1.05. The first-order valence-electron chi connectivity index (χ1n) is 8.18. The maximum atomic E-state index is 3.84. The Hall–Kier alpha value is -0.0400. The normalized spacial score (nSPS) is 25.4. The summed E-state index contributed by atoms with van der Waals surface area (Å²) in [4.78, 5) is 0. The van der Waals surface area contributed by atoms with Crippen molar-refractivity contribution in [2.75, 3.05) is 6.54 Å². The second-order valence-corrected chi connectivity index (χ2v) is 6.29. The minimum absolute atomic E-state index is 0.846. The Bertz CT molecular complexity index is 176. The molecule has 0 aromatic carbocycles. The summed E-state index contributed by atoms with van der Waals surface area (Å²) in [5, 5.41) is 3.84. The molecule has 2 aliphatic carbocycles. The quantitative estimate of drug-likeness (QED) is 0.750. The Morgan fingerprint density at radius 3 is 1.88 bits per heavy atom. The van der Waals surface area contributed by atoms with E-state index in [-0.39, 0.29) is 0 Å². The number of hydrogen-bond acceptors (Lipinski definition) is 1. The molecule has 0 aromatic rings. The van der Waals surface area contributed by atoms with Crippen LogP contribution in [0.3, 0.4) is 0 Å². The molecule has 0 spiro atoms. The molecule has 1 nitrogen and oxygen atoms in total. The van der Waals surface area contributed by atoms with Gasteiger partial charge in [-0.25, -0.2) is 0 Å². The molecular formula is C16H31N. The molecule has 0 aromatic heterocycles. The van der Waals surface area contributed by atoms with Crippen molar-refractivity contribution >= 4 is 0 Å². The molecular weight excluding hydrogens is 206 g/mol. The molecule has 0 aliphatic heterocycles. The third-order valence-electron chi connectivity index (χ3n) is 4.82. The zero-order valence-corrected chi connectivity index (χ0v) is 11.6. The Morgan fingerprint density at radius 2 is 1.18 bits per heavy atom. The molecule has 0 unspecified atom stereocenters. The molecule has 0 amide bonds.